The fraction of sp³-hybridized carbons (Fsp3) is 0.182. The summed E-state index contributed by atoms with van der Waals surface area (Å²) in [4.78, 5) is 17.4. The van der Waals surface area contributed by atoms with E-state index < -0.39 is 5.97 Å². The Kier molecular flexibility index (Phi) is 6.95. The fourth-order valence-corrected chi connectivity index (χ4v) is 3.89. The molecule has 0 saturated carbocycles. The molecule has 4 nitrogen and oxygen atoms in total. The van der Waals surface area contributed by atoms with Crippen molar-refractivity contribution < 1.29 is 14.4 Å². The van der Waals surface area contributed by atoms with Gasteiger partial charge in [0.15, 0.2) is 0 Å². The maximum absolute atomic E-state index is 11.3. The average molecular weight is 414 g/mol. The molecule has 144 valence electrons. The number of carbonyl (C=O) groups excluding carboxylic acids is 1. The topological polar surface area (TPSA) is 47.9 Å². The second-order valence-electron chi connectivity index (χ2n) is 6.04. The van der Waals surface area contributed by atoms with Crippen LogP contribution in [-0.4, -0.2) is 24.5 Å². The molecule has 0 bridgehead atoms. The molecule has 0 spiro atoms. The SMILES string of the molecule is COc1ccc(SCC/C(=N\OC(C)=O)c2ccc(Cl)c3ccccc23)cc1. The zero-order chi connectivity index (χ0) is 19.9. The third kappa shape index (κ3) is 5.06. The second-order valence-corrected chi connectivity index (χ2v) is 7.61. The molecule has 0 aliphatic rings. The smallest absolute Gasteiger partial charge is 0.331 e. The summed E-state index contributed by atoms with van der Waals surface area (Å²) in [6.07, 6.45) is 0.635. The zero-order valence-corrected chi connectivity index (χ0v) is 17.2. The first-order chi connectivity index (χ1) is 13.6. The molecule has 6 heteroatoms. The molecule has 0 unspecified atom stereocenters. The Morgan fingerprint density at radius 1 is 1.04 bits per heavy atom. The molecule has 28 heavy (non-hydrogen) atoms. The van der Waals surface area contributed by atoms with E-state index in [1.54, 1.807) is 18.9 Å². The van der Waals surface area contributed by atoms with Crippen LogP contribution in [0.5, 0.6) is 5.75 Å². The standard InChI is InChI=1S/C22H20ClNO3S/c1-15(25)27-24-22(13-14-28-17-9-7-16(26-2)8-10-17)20-11-12-21(23)19-6-4-3-5-18(19)20/h3-12H,13-14H2,1-2H3/b24-22+. The van der Waals surface area contributed by atoms with Gasteiger partial charge in [0.25, 0.3) is 0 Å². The van der Waals surface area contributed by atoms with Crippen LogP contribution in [0.15, 0.2) is 70.7 Å². The number of carbonyl (C=O) groups is 1. The lowest BCUT2D eigenvalue weighted by molar-refractivity contribution is -0.140. The normalized spacial score (nSPS) is 11.5. The van der Waals surface area contributed by atoms with Crippen LogP contribution in [0.2, 0.25) is 5.02 Å². The number of benzene rings is 3. The summed E-state index contributed by atoms with van der Waals surface area (Å²) >= 11 is 8.03. The van der Waals surface area contributed by atoms with Crippen molar-refractivity contribution in [2.45, 2.75) is 18.2 Å². The molecule has 0 aliphatic carbocycles. The first-order valence-electron chi connectivity index (χ1n) is 8.77. The van der Waals surface area contributed by atoms with Crippen molar-refractivity contribution in [2.24, 2.45) is 5.16 Å². The quantitative estimate of drug-likeness (QED) is 0.208. The van der Waals surface area contributed by atoms with Crippen molar-refractivity contribution in [3.05, 3.63) is 71.2 Å². The third-order valence-electron chi connectivity index (χ3n) is 4.13. The van der Waals surface area contributed by atoms with Crippen LogP contribution >= 0.6 is 23.4 Å². The summed E-state index contributed by atoms with van der Waals surface area (Å²) in [5.41, 5.74) is 1.63. The summed E-state index contributed by atoms with van der Waals surface area (Å²) < 4.78 is 5.19. The van der Waals surface area contributed by atoms with Crippen LogP contribution < -0.4 is 4.74 Å². The molecule has 0 N–H and O–H groups in total. The van der Waals surface area contributed by atoms with Gasteiger partial charge in [0.1, 0.15) is 5.75 Å². The Morgan fingerprint density at radius 2 is 1.75 bits per heavy atom. The minimum absolute atomic E-state index is 0.446. The van der Waals surface area contributed by atoms with Crippen LogP contribution in [-0.2, 0) is 9.63 Å². The number of halogens is 1. The molecule has 0 saturated heterocycles. The lowest BCUT2D eigenvalue weighted by Gasteiger charge is -2.11. The molecule has 0 aliphatic heterocycles. The van der Waals surface area contributed by atoms with Crippen molar-refractivity contribution >= 4 is 45.8 Å². The molecule has 0 radical (unpaired) electrons. The summed E-state index contributed by atoms with van der Waals surface area (Å²) in [5, 5.41) is 6.73. The number of oxime groups is 1. The Bertz CT molecular complexity index is 1000. The van der Waals surface area contributed by atoms with Gasteiger partial charge in [-0.1, -0.05) is 47.1 Å². The van der Waals surface area contributed by atoms with E-state index in [4.69, 9.17) is 21.2 Å². The van der Waals surface area contributed by atoms with Gasteiger partial charge in [-0.3, -0.25) is 0 Å². The van der Waals surface area contributed by atoms with E-state index in [2.05, 4.69) is 5.16 Å². The Hall–Kier alpha value is -2.50. The van der Waals surface area contributed by atoms with Gasteiger partial charge >= 0.3 is 5.97 Å². The average Bonchev–Trinajstić information content (AvgIpc) is 2.72. The van der Waals surface area contributed by atoms with Gasteiger partial charge in [0, 0.05) is 40.0 Å². The lowest BCUT2D eigenvalue weighted by Crippen LogP contribution is -2.06. The van der Waals surface area contributed by atoms with Gasteiger partial charge in [0.05, 0.1) is 12.8 Å². The summed E-state index contributed by atoms with van der Waals surface area (Å²) in [5.74, 6) is 1.16. The van der Waals surface area contributed by atoms with Crippen molar-refractivity contribution in [3.8, 4) is 5.75 Å². The minimum Gasteiger partial charge on any atom is -0.497 e. The van der Waals surface area contributed by atoms with Crippen LogP contribution in [0.4, 0.5) is 0 Å². The summed E-state index contributed by atoms with van der Waals surface area (Å²) in [6.45, 7) is 1.34. The van der Waals surface area contributed by atoms with E-state index in [1.807, 2.05) is 60.7 Å². The van der Waals surface area contributed by atoms with Crippen molar-refractivity contribution in [1.29, 1.82) is 0 Å². The van der Waals surface area contributed by atoms with E-state index in [0.717, 1.165) is 32.7 Å². The van der Waals surface area contributed by atoms with Crippen LogP contribution in [0.1, 0.15) is 18.9 Å². The van der Waals surface area contributed by atoms with Crippen LogP contribution in [0, 0.1) is 0 Å². The second kappa shape index (κ2) is 9.62. The Morgan fingerprint density at radius 3 is 2.43 bits per heavy atom. The van der Waals surface area contributed by atoms with Gasteiger partial charge in [-0.05, 0) is 35.7 Å². The van der Waals surface area contributed by atoms with Crippen LogP contribution in [0.3, 0.4) is 0 Å². The molecule has 0 heterocycles. The van der Waals surface area contributed by atoms with Crippen LogP contribution in [0.25, 0.3) is 10.8 Å². The highest BCUT2D eigenvalue weighted by molar-refractivity contribution is 7.99. The van der Waals surface area contributed by atoms with E-state index in [1.165, 1.54) is 6.92 Å². The molecule has 0 atom stereocenters. The number of fused-ring (bicyclic) bond motifs is 1. The zero-order valence-electron chi connectivity index (χ0n) is 15.6. The molecule has 3 aromatic rings. The minimum atomic E-state index is -0.446. The number of thioether (sulfide) groups is 1. The van der Waals surface area contributed by atoms with Gasteiger partial charge in [0.2, 0.25) is 0 Å². The first-order valence-corrected chi connectivity index (χ1v) is 10.1. The molecule has 0 fully saturated rings. The summed E-state index contributed by atoms with van der Waals surface area (Å²) in [6, 6.07) is 19.5. The molecule has 0 amide bonds. The molecule has 0 aromatic heterocycles. The largest absolute Gasteiger partial charge is 0.497 e. The highest BCUT2D eigenvalue weighted by Crippen LogP contribution is 2.29. The number of methoxy groups -OCH3 is 1. The van der Waals surface area contributed by atoms with Gasteiger partial charge in [-0.25, -0.2) is 4.79 Å². The highest BCUT2D eigenvalue weighted by Gasteiger charge is 2.12. The number of hydrogen-bond acceptors (Lipinski definition) is 5. The number of ether oxygens (including phenoxy) is 1. The molecular formula is C22H20ClNO3S. The molecule has 3 aromatic carbocycles. The maximum atomic E-state index is 11.3. The van der Waals surface area contributed by atoms with E-state index >= 15 is 0 Å². The maximum Gasteiger partial charge on any atom is 0.331 e. The third-order valence-corrected chi connectivity index (χ3v) is 5.48. The van der Waals surface area contributed by atoms with Gasteiger partial charge < -0.3 is 9.57 Å². The number of nitrogens with zero attached hydrogens (tertiary/aromatic N) is 1. The Labute approximate surface area is 173 Å². The number of hydrogen-bond donors (Lipinski definition) is 0. The highest BCUT2D eigenvalue weighted by atomic mass is 35.5. The van der Waals surface area contributed by atoms with E-state index in [-0.39, 0.29) is 0 Å². The molecule has 3 rings (SSSR count). The predicted octanol–water partition coefficient (Wildman–Crippen LogP) is 5.95. The van der Waals surface area contributed by atoms with Gasteiger partial charge in [-0.15, -0.1) is 11.8 Å². The number of rotatable bonds is 7. The van der Waals surface area contributed by atoms with Gasteiger partial charge in [-0.2, -0.15) is 0 Å². The van der Waals surface area contributed by atoms with Crippen molar-refractivity contribution in [1.82, 2.24) is 0 Å². The monoisotopic (exact) mass is 413 g/mol. The summed E-state index contributed by atoms with van der Waals surface area (Å²) in [7, 11) is 1.65. The van der Waals surface area contributed by atoms with E-state index in [9.17, 15) is 4.79 Å². The van der Waals surface area contributed by atoms with E-state index in [0.29, 0.717) is 17.2 Å². The molecular weight excluding hydrogens is 394 g/mol. The fourth-order valence-electron chi connectivity index (χ4n) is 2.80. The van der Waals surface area contributed by atoms with Crippen molar-refractivity contribution in [3.63, 3.8) is 0 Å². The predicted molar refractivity (Wildman–Crippen MR) is 116 cm³/mol. The Balaban J connectivity index is 1.83. The lowest BCUT2D eigenvalue weighted by atomic mass is 9.99. The first kappa shape index (κ1) is 20.2. The van der Waals surface area contributed by atoms with Crippen molar-refractivity contribution in [2.75, 3.05) is 12.9 Å².